The molecule has 2 unspecified atom stereocenters. The zero-order valence-corrected chi connectivity index (χ0v) is 31.1. The first-order chi connectivity index (χ1) is 23.8. The minimum absolute atomic E-state index is 0.0150. The van der Waals surface area contributed by atoms with Crippen molar-refractivity contribution in [3.63, 3.8) is 0 Å². The monoisotopic (exact) mass is 694 g/mol. The predicted octanol–water partition coefficient (Wildman–Crippen LogP) is 3.70. The number of carbonyl (C=O) groups excluding carboxylic acids is 4. The third-order valence-electron chi connectivity index (χ3n) is 10.1. The standard InChI is InChI=1S/C38H58N6O6/c1-9-25(4)34(43(6)38(48)33(24(2)3)42-37(47)28-14-16-29(39)17-15-28)31(49-7)22-32(45)44-21-11-13-30(44)35(50-8)26(5)36(46)41-20-18-27-12-10-19-40-23-27/h10,12,14-17,19,23-26,30-31,33-35H,9,11,13,18,20-22,39H2,1-8H3,(H,41,46)(H,42,47)/t25-,26+,30?,31+,33?,34-,35+/m0/s1. The lowest BCUT2D eigenvalue weighted by Gasteiger charge is -2.40. The normalized spacial score (nSPS) is 18.1. The molecular formula is C38H58N6O6. The molecule has 2 heterocycles. The second kappa shape index (κ2) is 19.4. The van der Waals surface area contributed by atoms with E-state index in [1.807, 2.05) is 51.7 Å². The first-order valence-electron chi connectivity index (χ1n) is 17.8. The smallest absolute Gasteiger partial charge is 0.251 e. The van der Waals surface area contributed by atoms with E-state index in [9.17, 15) is 19.2 Å². The minimum Gasteiger partial charge on any atom is -0.399 e. The molecule has 3 rings (SSSR count). The van der Waals surface area contributed by atoms with Gasteiger partial charge in [0.15, 0.2) is 0 Å². The molecule has 0 bridgehead atoms. The second-order valence-corrected chi connectivity index (χ2v) is 13.8. The van der Waals surface area contributed by atoms with Crippen molar-refractivity contribution in [2.24, 2.45) is 17.8 Å². The summed E-state index contributed by atoms with van der Waals surface area (Å²) in [6, 6.07) is 8.86. The first-order valence-corrected chi connectivity index (χ1v) is 17.8. The fourth-order valence-corrected chi connectivity index (χ4v) is 6.94. The molecule has 4 N–H and O–H groups in total. The molecule has 12 nitrogen and oxygen atoms in total. The third kappa shape index (κ3) is 10.5. The summed E-state index contributed by atoms with van der Waals surface area (Å²) in [5, 5.41) is 5.93. The van der Waals surface area contributed by atoms with Crippen molar-refractivity contribution in [1.82, 2.24) is 25.4 Å². The molecule has 1 aliphatic rings. The van der Waals surface area contributed by atoms with Gasteiger partial charge in [0, 0.05) is 58.0 Å². The Morgan fingerprint density at radius 1 is 1.06 bits per heavy atom. The number of methoxy groups -OCH3 is 2. The molecule has 0 spiro atoms. The van der Waals surface area contributed by atoms with Gasteiger partial charge >= 0.3 is 0 Å². The van der Waals surface area contributed by atoms with E-state index in [2.05, 4.69) is 15.6 Å². The Balaban J connectivity index is 1.72. The number of nitrogens with two attached hydrogens (primary N) is 1. The number of likely N-dealkylation sites (tertiary alicyclic amines) is 1. The number of amides is 4. The van der Waals surface area contributed by atoms with Crippen LogP contribution in [-0.2, 0) is 30.3 Å². The number of aromatic nitrogens is 1. The SMILES string of the molecule is CC[C@H](C)[C@@H]([C@@H](CC(=O)N1CCCC1[C@H](OC)[C@@H](C)C(=O)NCCc1cccnc1)OC)N(C)C(=O)C(NC(=O)c1ccc(N)cc1)C(C)C. The number of carbonyl (C=O) groups is 4. The highest BCUT2D eigenvalue weighted by Crippen LogP contribution is 2.29. The number of nitrogens with zero attached hydrogens (tertiary/aromatic N) is 3. The Bertz CT molecular complexity index is 1390. The third-order valence-corrected chi connectivity index (χ3v) is 10.1. The van der Waals surface area contributed by atoms with E-state index in [1.165, 1.54) is 0 Å². The van der Waals surface area contributed by atoms with Crippen molar-refractivity contribution >= 4 is 29.3 Å². The van der Waals surface area contributed by atoms with Gasteiger partial charge in [-0.05, 0) is 67.0 Å². The van der Waals surface area contributed by atoms with Crippen molar-refractivity contribution in [2.45, 2.75) is 97.1 Å². The zero-order valence-electron chi connectivity index (χ0n) is 31.1. The quantitative estimate of drug-likeness (QED) is 0.200. The number of nitrogen functional groups attached to an aromatic ring is 1. The van der Waals surface area contributed by atoms with Crippen molar-refractivity contribution < 1.29 is 28.7 Å². The largest absolute Gasteiger partial charge is 0.399 e. The van der Waals surface area contributed by atoms with Crippen LogP contribution in [-0.4, -0.2) is 103 Å². The van der Waals surface area contributed by atoms with Gasteiger partial charge < -0.3 is 35.6 Å². The van der Waals surface area contributed by atoms with Gasteiger partial charge in [-0.1, -0.05) is 47.1 Å². The first kappa shape index (κ1) is 40.4. The Hall–Kier alpha value is -4.03. The van der Waals surface area contributed by atoms with Crippen molar-refractivity contribution in [2.75, 3.05) is 40.1 Å². The topological polar surface area (TPSA) is 156 Å². The fourth-order valence-electron chi connectivity index (χ4n) is 6.94. The molecule has 1 fully saturated rings. The van der Waals surface area contributed by atoms with Gasteiger partial charge in [0.1, 0.15) is 6.04 Å². The van der Waals surface area contributed by atoms with Crippen LogP contribution in [0.15, 0.2) is 48.8 Å². The molecule has 12 heteroatoms. The van der Waals surface area contributed by atoms with Crippen LogP contribution in [0.1, 0.15) is 76.2 Å². The van der Waals surface area contributed by atoms with Crippen LogP contribution in [0.4, 0.5) is 5.69 Å². The van der Waals surface area contributed by atoms with Crippen molar-refractivity contribution in [3.05, 3.63) is 59.9 Å². The number of benzene rings is 1. The number of pyridine rings is 1. The van der Waals surface area contributed by atoms with E-state index in [4.69, 9.17) is 15.2 Å². The van der Waals surface area contributed by atoms with Crippen molar-refractivity contribution in [1.29, 1.82) is 0 Å². The van der Waals surface area contributed by atoms with E-state index in [1.54, 1.807) is 62.8 Å². The van der Waals surface area contributed by atoms with Gasteiger partial charge in [-0.2, -0.15) is 0 Å². The molecule has 1 aliphatic heterocycles. The molecule has 0 saturated carbocycles. The molecule has 1 aromatic carbocycles. The summed E-state index contributed by atoms with van der Waals surface area (Å²) in [5.74, 6) is -1.57. The Morgan fingerprint density at radius 3 is 2.34 bits per heavy atom. The van der Waals surface area contributed by atoms with E-state index < -0.39 is 30.2 Å². The average Bonchev–Trinajstić information content (AvgIpc) is 3.60. The van der Waals surface area contributed by atoms with E-state index in [0.717, 1.165) is 18.4 Å². The number of ether oxygens (including phenoxy) is 2. The summed E-state index contributed by atoms with van der Waals surface area (Å²) in [4.78, 5) is 62.0. The van der Waals surface area contributed by atoms with Crippen LogP contribution in [0.25, 0.3) is 0 Å². The van der Waals surface area contributed by atoms with E-state index >= 15 is 0 Å². The Morgan fingerprint density at radius 2 is 1.76 bits per heavy atom. The highest BCUT2D eigenvalue weighted by molar-refractivity contribution is 5.98. The maximum Gasteiger partial charge on any atom is 0.251 e. The maximum absolute atomic E-state index is 14.1. The summed E-state index contributed by atoms with van der Waals surface area (Å²) in [6.45, 7) is 10.7. The van der Waals surface area contributed by atoms with E-state index in [-0.39, 0.29) is 47.9 Å². The Kier molecular flexibility index (Phi) is 15.7. The molecule has 1 aromatic heterocycles. The number of anilines is 1. The molecular weight excluding hydrogens is 636 g/mol. The molecule has 276 valence electrons. The van der Waals surface area contributed by atoms with Gasteiger partial charge in [0.25, 0.3) is 5.91 Å². The Labute approximate surface area is 297 Å². The average molecular weight is 695 g/mol. The van der Waals surface area contributed by atoms with Crippen molar-refractivity contribution in [3.8, 4) is 0 Å². The number of rotatable bonds is 18. The number of nitrogens with one attached hydrogen (secondary N) is 2. The van der Waals surface area contributed by atoms with Gasteiger partial charge in [-0.25, -0.2) is 0 Å². The molecule has 0 radical (unpaired) electrons. The number of likely N-dealkylation sites (N-methyl/N-ethyl adjacent to an activating group) is 1. The summed E-state index contributed by atoms with van der Waals surface area (Å²) < 4.78 is 11.9. The molecule has 2 aromatic rings. The maximum atomic E-state index is 14.1. The summed E-state index contributed by atoms with van der Waals surface area (Å²) >= 11 is 0. The second-order valence-electron chi connectivity index (χ2n) is 13.8. The van der Waals surface area contributed by atoms with Gasteiger partial charge in [0.2, 0.25) is 17.7 Å². The van der Waals surface area contributed by atoms with Gasteiger partial charge in [0.05, 0.1) is 36.6 Å². The van der Waals surface area contributed by atoms with Crippen LogP contribution in [0.3, 0.4) is 0 Å². The van der Waals surface area contributed by atoms with Crippen LogP contribution < -0.4 is 16.4 Å². The summed E-state index contributed by atoms with van der Waals surface area (Å²) in [7, 11) is 4.86. The van der Waals surface area contributed by atoms with Crippen LogP contribution in [0, 0.1) is 17.8 Å². The lowest BCUT2D eigenvalue weighted by molar-refractivity contribution is -0.146. The number of hydrogen-bond acceptors (Lipinski definition) is 8. The summed E-state index contributed by atoms with van der Waals surface area (Å²) in [5.41, 5.74) is 7.77. The van der Waals surface area contributed by atoms with Gasteiger partial charge in [-0.3, -0.25) is 24.2 Å². The predicted molar refractivity (Wildman–Crippen MR) is 194 cm³/mol. The molecule has 7 atom stereocenters. The lowest BCUT2D eigenvalue weighted by atomic mass is 9.89. The van der Waals surface area contributed by atoms with Crippen LogP contribution in [0.5, 0.6) is 0 Å². The van der Waals surface area contributed by atoms with E-state index in [0.29, 0.717) is 37.2 Å². The highest BCUT2D eigenvalue weighted by Gasteiger charge is 2.42. The molecule has 1 saturated heterocycles. The fraction of sp³-hybridized carbons (Fsp3) is 0.605. The molecule has 0 aliphatic carbocycles. The minimum atomic E-state index is -0.799. The lowest BCUT2D eigenvalue weighted by Crippen LogP contribution is -2.57. The summed E-state index contributed by atoms with van der Waals surface area (Å²) in [6.07, 6.45) is 5.36. The molecule has 50 heavy (non-hydrogen) atoms. The van der Waals surface area contributed by atoms with Gasteiger partial charge in [-0.15, -0.1) is 0 Å². The molecule has 4 amide bonds. The highest BCUT2D eigenvalue weighted by atomic mass is 16.5. The van der Waals surface area contributed by atoms with Crippen LogP contribution in [0.2, 0.25) is 0 Å². The van der Waals surface area contributed by atoms with Crippen LogP contribution >= 0.6 is 0 Å². The zero-order chi connectivity index (χ0) is 37.0. The number of hydrogen-bond donors (Lipinski definition) is 3.